The molecule has 2 unspecified atom stereocenters. The van der Waals surface area contributed by atoms with Crippen LogP contribution in [-0.4, -0.2) is 5.11 Å². The highest BCUT2D eigenvalue weighted by Gasteiger charge is 2.50. The van der Waals surface area contributed by atoms with E-state index in [2.05, 4.69) is 58.9 Å². The molecule has 0 radical (unpaired) electrons. The van der Waals surface area contributed by atoms with Gasteiger partial charge in [-0.2, -0.15) is 0 Å². The van der Waals surface area contributed by atoms with Gasteiger partial charge in [0.15, 0.2) is 0 Å². The van der Waals surface area contributed by atoms with Crippen molar-refractivity contribution in [3.05, 3.63) is 35.4 Å². The van der Waals surface area contributed by atoms with E-state index in [1.54, 1.807) is 0 Å². The number of benzene rings is 1. The Hall–Kier alpha value is -0.820. The Bertz CT molecular complexity index is 414. The minimum atomic E-state index is -0.293. The second-order valence-electron chi connectivity index (χ2n) is 7.10. The van der Waals surface area contributed by atoms with E-state index in [1.165, 1.54) is 5.56 Å². The van der Waals surface area contributed by atoms with Crippen LogP contribution in [0.4, 0.5) is 0 Å². The maximum absolute atomic E-state index is 10.3. The van der Waals surface area contributed by atoms with Gasteiger partial charge < -0.3 is 5.11 Å². The summed E-state index contributed by atoms with van der Waals surface area (Å²) in [7, 11) is 0. The molecule has 1 aliphatic rings. The quantitative estimate of drug-likeness (QED) is 0.832. The first-order valence-electron chi connectivity index (χ1n) is 7.06. The number of rotatable bonds is 4. The Morgan fingerprint density at radius 1 is 1.28 bits per heavy atom. The maximum Gasteiger partial charge on any atom is 0.0823 e. The first-order chi connectivity index (χ1) is 8.28. The molecule has 1 aliphatic carbocycles. The van der Waals surface area contributed by atoms with Gasteiger partial charge in [-0.25, -0.2) is 0 Å². The van der Waals surface area contributed by atoms with Crippen LogP contribution in [0.2, 0.25) is 0 Å². The van der Waals surface area contributed by atoms with Crippen LogP contribution < -0.4 is 0 Å². The predicted octanol–water partition coefficient (Wildman–Crippen LogP) is 4.45. The first kappa shape index (κ1) is 13.6. The molecule has 1 N–H and O–H groups in total. The third-order valence-electron chi connectivity index (χ3n) is 4.89. The average molecular weight is 246 g/mol. The number of aliphatic hydroxyl groups is 1. The molecule has 0 bridgehead atoms. The normalized spacial score (nSPS) is 23.8. The lowest BCUT2D eigenvalue weighted by Gasteiger charge is -2.24. The van der Waals surface area contributed by atoms with Crippen LogP contribution in [0, 0.1) is 11.3 Å². The highest BCUT2D eigenvalue weighted by atomic mass is 16.3. The second kappa shape index (κ2) is 4.38. The molecule has 0 aliphatic heterocycles. The molecule has 1 saturated carbocycles. The molecule has 0 amide bonds. The Morgan fingerprint density at radius 2 is 1.78 bits per heavy atom. The molecule has 1 aromatic carbocycles. The summed E-state index contributed by atoms with van der Waals surface area (Å²) in [6, 6.07) is 8.56. The van der Waals surface area contributed by atoms with E-state index in [9.17, 15) is 5.11 Å². The highest BCUT2D eigenvalue weighted by molar-refractivity contribution is 5.30. The summed E-state index contributed by atoms with van der Waals surface area (Å²) < 4.78 is 0. The fourth-order valence-corrected chi connectivity index (χ4v) is 2.61. The molecule has 1 nitrogen and oxygen atoms in total. The van der Waals surface area contributed by atoms with Crippen molar-refractivity contribution in [1.82, 2.24) is 0 Å². The first-order valence-corrected chi connectivity index (χ1v) is 7.06. The third-order valence-corrected chi connectivity index (χ3v) is 4.89. The minimum absolute atomic E-state index is 0.225. The molecule has 0 heterocycles. The van der Waals surface area contributed by atoms with Crippen LogP contribution in [0.1, 0.15) is 64.7 Å². The van der Waals surface area contributed by atoms with Gasteiger partial charge in [-0.3, -0.25) is 0 Å². The highest BCUT2D eigenvalue weighted by Crippen LogP contribution is 2.57. The van der Waals surface area contributed by atoms with Crippen LogP contribution in [0.25, 0.3) is 0 Å². The van der Waals surface area contributed by atoms with Crippen molar-refractivity contribution in [2.75, 3.05) is 0 Å². The van der Waals surface area contributed by atoms with Gasteiger partial charge in [-0.05, 0) is 40.7 Å². The Morgan fingerprint density at radius 3 is 2.17 bits per heavy atom. The van der Waals surface area contributed by atoms with Gasteiger partial charge in [0, 0.05) is 0 Å². The molecule has 0 spiro atoms. The monoisotopic (exact) mass is 246 g/mol. The van der Waals surface area contributed by atoms with Crippen LogP contribution in [0.3, 0.4) is 0 Å². The van der Waals surface area contributed by atoms with Gasteiger partial charge in [-0.1, -0.05) is 58.9 Å². The Balaban J connectivity index is 2.13. The van der Waals surface area contributed by atoms with Gasteiger partial charge >= 0.3 is 0 Å². The fraction of sp³-hybridized carbons (Fsp3) is 0.647. The van der Waals surface area contributed by atoms with Crippen molar-refractivity contribution in [2.24, 2.45) is 11.3 Å². The van der Waals surface area contributed by atoms with Gasteiger partial charge in [0.1, 0.15) is 0 Å². The maximum atomic E-state index is 10.3. The smallest absolute Gasteiger partial charge is 0.0823 e. The standard InChI is InChI=1S/C17H26O/c1-6-16(2,3)13-9-7-12(8-10-13)15(18)14-11-17(14,4)5/h7-10,14-15,18H,6,11H2,1-5H3. The largest absolute Gasteiger partial charge is 0.388 e. The van der Waals surface area contributed by atoms with E-state index in [0.717, 1.165) is 18.4 Å². The van der Waals surface area contributed by atoms with Crippen LogP contribution in [0.5, 0.6) is 0 Å². The van der Waals surface area contributed by atoms with Crippen molar-refractivity contribution >= 4 is 0 Å². The van der Waals surface area contributed by atoms with E-state index >= 15 is 0 Å². The van der Waals surface area contributed by atoms with Gasteiger partial charge in [-0.15, -0.1) is 0 Å². The second-order valence-corrected chi connectivity index (χ2v) is 7.10. The zero-order chi connectivity index (χ0) is 13.6. The van der Waals surface area contributed by atoms with E-state index in [1.807, 2.05) is 0 Å². The molecule has 1 heteroatoms. The van der Waals surface area contributed by atoms with Crippen molar-refractivity contribution < 1.29 is 5.11 Å². The molecule has 2 atom stereocenters. The Kier molecular flexibility index (Phi) is 3.31. The molecule has 0 aromatic heterocycles. The molecule has 2 rings (SSSR count). The number of hydrogen-bond donors (Lipinski definition) is 1. The summed E-state index contributed by atoms with van der Waals surface area (Å²) >= 11 is 0. The summed E-state index contributed by atoms with van der Waals surface area (Å²) in [5.41, 5.74) is 2.97. The number of hydrogen-bond acceptors (Lipinski definition) is 1. The summed E-state index contributed by atoms with van der Waals surface area (Å²) in [5, 5.41) is 10.3. The van der Waals surface area contributed by atoms with Gasteiger partial charge in [0.05, 0.1) is 6.10 Å². The zero-order valence-electron chi connectivity index (χ0n) is 12.3. The van der Waals surface area contributed by atoms with E-state index in [0.29, 0.717) is 11.3 Å². The lowest BCUT2D eigenvalue weighted by atomic mass is 9.81. The summed E-state index contributed by atoms with van der Waals surface area (Å²) in [6.07, 6.45) is 1.97. The molecule has 1 aromatic rings. The Labute approximate surface area is 111 Å². The molecule has 18 heavy (non-hydrogen) atoms. The van der Waals surface area contributed by atoms with Crippen LogP contribution >= 0.6 is 0 Å². The molecular weight excluding hydrogens is 220 g/mol. The van der Waals surface area contributed by atoms with Crippen molar-refractivity contribution in [2.45, 2.75) is 59.0 Å². The summed E-state index contributed by atoms with van der Waals surface area (Å²) in [5.74, 6) is 0.433. The van der Waals surface area contributed by atoms with E-state index in [4.69, 9.17) is 0 Å². The lowest BCUT2D eigenvalue weighted by molar-refractivity contribution is 0.138. The van der Waals surface area contributed by atoms with Gasteiger partial charge in [0.25, 0.3) is 0 Å². The third kappa shape index (κ3) is 2.47. The van der Waals surface area contributed by atoms with E-state index in [-0.39, 0.29) is 11.5 Å². The van der Waals surface area contributed by atoms with Crippen molar-refractivity contribution in [3.8, 4) is 0 Å². The van der Waals surface area contributed by atoms with Crippen LogP contribution in [-0.2, 0) is 5.41 Å². The fourth-order valence-electron chi connectivity index (χ4n) is 2.61. The molecule has 1 fully saturated rings. The summed E-state index contributed by atoms with van der Waals surface area (Å²) in [4.78, 5) is 0. The topological polar surface area (TPSA) is 20.2 Å². The summed E-state index contributed by atoms with van der Waals surface area (Å²) in [6.45, 7) is 11.2. The lowest BCUT2D eigenvalue weighted by Crippen LogP contribution is -2.15. The van der Waals surface area contributed by atoms with Crippen LogP contribution in [0.15, 0.2) is 24.3 Å². The van der Waals surface area contributed by atoms with Crippen molar-refractivity contribution in [1.29, 1.82) is 0 Å². The molecule has 0 saturated heterocycles. The minimum Gasteiger partial charge on any atom is -0.388 e. The molecule has 100 valence electrons. The predicted molar refractivity (Wildman–Crippen MR) is 76.6 cm³/mol. The van der Waals surface area contributed by atoms with Gasteiger partial charge in [0.2, 0.25) is 0 Å². The molecular formula is C17H26O. The zero-order valence-corrected chi connectivity index (χ0v) is 12.3. The SMILES string of the molecule is CCC(C)(C)c1ccc(C(O)C2CC2(C)C)cc1. The van der Waals surface area contributed by atoms with Crippen molar-refractivity contribution in [3.63, 3.8) is 0 Å². The number of aliphatic hydroxyl groups excluding tert-OH is 1. The van der Waals surface area contributed by atoms with E-state index < -0.39 is 0 Å². The average Bonchev–Trinajstić information content (AvgIpc) is 2.98.